The summed E-state index contributed by atoms with van der Waals surface area (Å²) in [5.74, 6) is 0.336. The van der Waals surface area contributed by atoms with Gasteiger partial charge in [0.25, 0.3) is 0 Å². The van der Waals surface area contributed by atoms with E-state index in [0.717, 1.165) is 4.47 Å². The predicted molar refractivity (Wildman–Crippen MR) is 65.5 cm³/mol. The van der Waals surface area contributed by atoms with Gasteiger partial charge in [-0.1, -0.05) is 19.1 Å². The molecular weight excluding hydrogens is 272 g/mol. The second kappa shape index (κ2) is 6.53. The van der Waals surface area contributed by atoms with Crippen LogP contribution in [0.15, 0.2) is 28.7 Å². The smallest absolute Gasteiger partial charge is 0.347 e. The van der Waals surface area contributed by atoms with Gasteiger partial charge >= 0.3 is 5.97 Å². The van der Waals surface area contributed by atoms with Crippen molar-refractivity contribution >= 4 is 21.9 Å². The number of hydrogen-bond donors (Lipinski definition) is 0. The highest BCUT2D eigenvalue weighted by Gasteiger charge is 2.20. The van der Waals surface area contributed by atoms with E-state index < -0.39 is 6.10 Å². The van der Waals surface area contributed by atoms with E-state index in [-0.39, 0.29) is 5.97 Å². The molecule has 4 heteroatoms. The Bertz CT molecular complexity index is 352. The monoisotopic (exact) mass is 286 g/mol. The van der Waals surface area contributed by atoms with Crippen molar-refractivity contribution in [1.82, 2.24) is 0 Å². The highest BCUT2D eigenvalue weighted by atomic mass is 79.9. The van der Waals surface area contributed by atoms with Gasteiger partial charge in [-0.2, -0.15) is 0 Å². The highest BCUT2D eigenvalue weighted by molar-refractivity contribution is 9.10. The maximum absolute atomic E-state index is 11.5. The third kappa shape index (κ3) is 3.52. The number of ether oxygens (including phenoxy) is 2. The fraction of sp³-hybridized carbons (Fsp3) is 0.417. The molecule has 0 aliphatic rings. The van der Waals surface area contributed by atoms with Crippen LogP contribution in [0.25, 0.3) is 0 Å². The van der Waals surface area contributed by atoms with E-state index in [1.807, 2.05) is 31.2 Å². The van der Waals surface area contributed by atoms with Gasteiger partial charge in [-0.15, -0.1) is 0 Å². The Morgan fingerprint density at radius 3 is 2.62 bits per heavy atom. The first kappa shape index (κ1) is 13.0. The molecule has 1 aromatic carbocycles. The van der Waals surface area contributed by atoms with Crippen molar-refractivity contribution in [3.63, 3.8) is 0 Å². The number of carbonyl (C=O) groups excluding carboxylic acids is 1. The molecule has 1 unspecified atom stereocenters. The molecule has 0 amide bonds. The minimum Gasteiger partial charge on any atom is -0.478 e. The molecule has 0 saturated heterocycles. The van der Waals surface area contributed by atoms with Crippen molar-refractivity contribution in [2.45, 2.75) is 26.4 Å². The molecule has 0 heterocycles. The Labute approximate surface area is 104 Å². The molecule has 88 valence electrons. The van der Waals surface area contributed by atoms with Gasteiger partial charge in [-0.05, 0) is 41.4 Å². The summed E-state index contributed by atoms with van der Waals surface area (Å²) in [7, 11) is 0. The normalized spacial score (nSPS) is 11.9. The third-order valence-corrected chi connectivity index (χ3v) is 2.68. The Hall–Kier alpha value is -1.03. The first-order valence-corrected chi connectivity index (χ1v) is 6.06. The zero-order valence-corrected chi connectivity index (χ0v) is 11.0. The van der Waals surface area contributed by atoms with Crippen molar-refractivity contribution in [3.05, 3.63) is 28.7 Å². The average molecular weight is 287 g/mol. The van der Waals surface area contributed by atoms with Gasteiger partial charge in [0.05, 0.1) is 11.1 Å². The van der Waals surface area contributed by atoms with Crippen molar-refractivity contribution in [2.24, 2.45) is 0 Å². The van der Waals surface area contributed by atoms with E-state index >= 15 is 0 Å². The van der Waals surface area contributed by atoms with Crippen molar-refractivity contribution in [3.8, 4) is 5.75 Å². The van der Waals surface area contributed by atoms with Gasteiger partial charge in [0.2, 0.25) is 0 Å². The van der Waals surface area contributed by atoms with Gasteiger partial charge in [-0.25, -0.2) is 4.79 Å². The number of benzene rings is 1. The van der Waals surface area contributed by atoms with Crippen molar-refractivity contribution < 1.29 is 14.3 Å². The van der Waals surface area contributed by atoms with Gasteiger partial charge in [0.15, 0.2) is 6.10 Å². The number of rotatable bonds is 5. The Morgan fingerprint density at radius 1 is 1.38 bits per heavy atom. The van der Waals surface area contributed by atoms with Gasteiger partial charge < -0.3 is 9.47 Å². The van der Waals surface area contributed by atoms with E-state index in [2.05, 4.69) is 15.9 Å². The summed E-state index contributed by atoms with van der Waals surface area (Å²) in [5.41, 5.74) is 0. The van der Waals surface area contributed by atoms with Crippen LogP contribution in [0.4, 0.5) is 0 Å². The van der Waals surface area contributed by atoms with Crippen LogP contribution < -0.4 is 4.74 Å². The summed E-state index contributed by atoms with van der Waals surface area (Å²) in [6, 6.07) is 7.43. The molecule has 3 nitrogen and oxygen atoms in total. The summed E-state index contributed by atoms with van der Waals surface area (Å²) in [5, 5.41) is 0. The van der Waals surface area contributed by atoms with Crippen LogP contribution in [0.1, 0.15) is 20.3 Å². The minimum atomic E-state index is -0.543. The van der Waals surface area contributed by atoms with Gasteiger partial charge in [0, 0.05) is 0 Å². The average Bonchev–Trinajstić information content (AvgIpc) is 2.28. The van der Waals surface area contributed by atoms with Crippen LogP contribution in [0, 0.1) is 0 Å². The molecule has 1 aromatic rings. The highest BCUT2D eigenvalue weighted by Crippen LogP contribution is 2.25. The maximum Gasteiger partial charge on any atom is 0.347 e. The Morgan fingerprint density at radius 2 is 2.06 bits per heavy atom. The lowest BCUT2D eigenvalue weighted by Gasteiger charge is -2.16. The summed E-state index contributed by atoms with van der Waals surface area (Å²) >= 11 is 3.36. The van der Waals surface area contributed by atoms with Crippen LogP contribution in [0.2, 0.25) is 0 Å². The first-order chi connectivity index (χ1) is 7.69. The molecule has 0 aliphatic heterocycles. The van der Waals surface area contributed by atoms with Crippen LogP contribution in [0.5, 0.6) is 5.75 Å². The standard InChI is InChI=1S/C12H15BrO3/c1-3-10(12(14)15-4-2)16-11-8-6-5-7-9(11)13/h5-8,10H,3-4H2,1-2H3. The SMILES string of the molecule is CCOC(=O)C(CC)Oc1ccccc1Br. The number of halogens is 1. The van der Waals surface area contributed by atoms with E-state index in [4.69, 9.17) is 9.47 Å². The van der Waals surface area contributed by atoms with Crippen LogP contribution >= 0.6 is 15.9 Å². The second-order valence-electron chi connectivity index (χ2n) is 3.20. The van der Waals surface area contributed by atoms with Gasteiger partial charge in [0.1, 0.15) is 5.75 Å². The Balaban J connectivity index is 2.70. The number of esters is 1. The molecule has 0 aromatic heterocycles. The zero-order valence-electron chi connectivity index (χ0n) is 9.40. The molecular formula is C12H15BrO3. The van der Waals surface area contributed by atoms with Crippen molar-refractivity contribution in [1.29, 1.82) is 0 Å². The van der Waals surface area contributed by atoms with E-state index in [1.54, 1.807) is 6.92 Å². The molecule has 0 radical (unpaired) electrons. The van der Waals surface area contributed by atoms with Crippen LogP contribution in [-0.2, 0) is 9.53 Å². The number of para-hydroxylation sites is 1. The lowest BCUT2D eigenvalue weighted by atomic mass is 10.2. The topological polar surface area (TPSA) is 35.5 Å². The number of carbonyl (C=O) groups is 1. The van der Waals surface area contributed by atoms with Crippen LogP contribution in [0.3, 0.4) is 0 Å². The molecule has 0 N–H and O–H groups in total. The molecule has 0 fully saturated rings. The molecule has 0 spiro atoms. The van der Waals surface area contributed by atoms with E-state index in [1.165, 1.54) is 0 Å². The summed E-state index contributed by atoms with van der Waals surface area (Å²) in [6.07, 6.45) is 0.0406. The zero-order chi connectivity index (χ0) is 12.0. The molecule has 0 bridgehead atoms. The quantitative estimate of drug-likeness (QED) is 0.780. The lowest BCUT2D eigenvalue weighted by molar-refractivity contribution is -0.151. The summed E-state index contributed by atoms with van der Waals surface area (Å²) < 4.78 is 11.3. The van der Waals surface area contributed by atoms with Crippen molar-refractivity contribution in [2.75, 3.05) is 6.61 Å². The fourth-order valence-corrected chi connectivity index (χ4v) is 1.61. The first-order valence-electron chi connectivity index (χ1n) is 5.26. The summed E-state index contributed by atoms with van der Waals surface area (Å²) in [4.78, 5) is 11.5. The number of hydrogen-bond acceptors (Lipinski definition) is 3. The molecule has 1 rings (SSSR count). The molecule has 1 atom stereocenters. The maximum atomic E-state index is 11.5. The Kier molecular flexibility index (Phi) is 5.32. The van der Waals surface area contributed by atoms with Gasteiger partial charge in [-0.3, -0.25) is 0 Å². The predicted octanol–water partition coefficient (Wildman–Crippen LogP) is 3.17. The molecule has 0 saturated carbocycles. The molecule has 16 heavy (non-hydrogen) atoms. The largest absolute Gasteiger partial charge is 0.478 e. The molecule has 0 aliphatic carbocycles. The second-order valence-corrected chi connectivity index (χ2v) is 4.05. The van der Waals surface area contributed by atoms with E-state index in [9.17, 15) is 4.79 Å². The van der Waals surface area contributed by atoms with E-state index in [0.29, 0.717) is 18.8 Å². The fourth-order valence-electron chi connectivity index (χ4n) is 1.23. The van der Waals surface area contributed by atoms with Crippen LogP contribution in [-0.4, -0.2) is 18.7 Å². The third-order valence-electron chi connectivity index (χ3n) is 2.03. The lowest BCUT2D eigenvalue weighted by Crippen LogP contribution is -2.28. The minimum absolute atomic E-state index is 0.319. The summed E-state index contributed by atoms with van der Waals surface area (Å²) in [6.45, 7) is 4.04.